The maximum Gasteiger partial charge on any atom is 0.435 e. The Kier molecular flexibility index (Phi) is 3.67. The fourth-order valence-electron chi connectivity index (χ4n) is 2.98. The topological polar surface area (TPSA) is 56.7 Å². The van der Waals surface area contributed by atoms with Crippen molar-refractivity contribution in [1.29, 1.82) is 0 Å². The summed E-state index contributed by atoms with van der Waals surface area (Å²) in [4.78, 5) is 5.11. The molecule has 0 saturated heterocycles. The number of alkyl halides is 3. The summed E-state index contributed by atoms with van der Waals surface area (Å²) in [6.07, 6.45) is -1.83. The Bertz CT molecular complexity index is 851. The van der Waals surface area contributed by atoms with Crippen LogP contribution in [0.1, 0.15) is 35.7 Å². The third-order valence-corrected chi connectivity index (χ3v) is 4.89. The fraction of sp³-hybridized carbons (Fsp3) is 0.400. The molecule has 0 fully saturated rings. The first kappa shape index (κ1) is 15.4. The third kappa shape index (κ3) is 2.72. The van der Waals surface area contributed by atoms with Crippen LogP contribution in [0.5, 0.6) is 0 Å². The molecule has 1 aliphatic rings. The Morgan fingerprint density at radius 1 is 1.25 bits per heavy atom. The summed E-state index contributed by atoms with van der Waals surface area (Å²) in [5.74, 6) is 0.695. The summed E-state index contributed by atoms with van der Waals surface area (Å²) in [5.41, 5.74) is 0.159. The zero-order valence-corrected chi connectivity index (χ0v) is 13.3. The van der Waals surface area contributed by atoms with E-state index in [1.165, 1.54) is 16.0 Å². The summed E-state index contributed by atoms with van der Waals surface area (Å²) in [6, 6.07) is 3.73. The van der Waals surface area contributed by atoms with Crippen molar-refractivity contribution in [1.82, 2.24) is 19.9 Å². The minimum atomic E-state index is -4.44. The van der Waals surface area contributed by atoms with E-state index < -0.39 is 11.9 Å². The van der Waals surface area contributed by atoms with Crippen LogP contribution in [0.2, 0.25) is 0 Å². The Balaban J connectivity index is 1.66. The molecule has 4 rings (SSSR count). The number of halogens is 3. The normalized spacial score (nSPS) is 14.8. The number of nitrogens with zero attached hydrogens (tertiary/aromatic N) is 4. The number of hydrogen-bond donors (Lipinski definition) is 0. The second-order valence-corrected chi connectivity index (χ2v) is 6.57. The summed E-state index contributed by atoms with van der Waals surface area (Å²) in [6.45, 7) is 0.0524. The maximum absolute atomic E-state index is 13.2. The van der Waals surface area contributed by atoms with Gasteiger partial charge in [0.15, 0.2) is 5.69 Å². The van der Waals surface area contributed by atoms with Crippen LogP contribution in [0.4, 0.5) is 13.2 Å². The van der Waals surface area contributed by atoms with E-state index in [0.29, 0.717) is 29.9 Å². The number of thiophene rings is 1. The van der Waals surface area contributed by atoms with E-state index in [1.54, 1.807) is 0 Å². The molecular formula is C15H13F3N4OS. The highest BCUT2D eigenvalue weighted by Gasteiger charge is 2.39. The molecule has 3 aromatic rings. The third-order valence-electron chi connectivity index (χ3n) is 4.02. The highest BCUT2D eigenvalue weighted by molar-refractivity contribution is 7.13. The predicted octanol–water partition coefficient (Wildman–Crippen LogP) is 3.94. The van der Waals surface area contributed by atoms with Gasteiger partial charge in [-0.25, -0.2) is 0 Å². The Morgan fingerprint density at radius 2 is 2.08 bits per heavy atom. The molecular weight excluding hydrogens is 341 g/mol. The van der Waals surface area contributed by atoms with Crippen molar-refractivity contribution in [3.8, 4) is 10.7 Å². The van der Waals surface area contributed by atoms with Gasteiger partial charge in [0.25, 0.3) is 0 Å². The minimum absolute atomic E-state index is 0.0524. The molecule has 9 heteroatoms. The van der Waals surface area contributed by atoms with E-state index in [1.807, 2.05) is 17.5 Å². The van der Waals surface area contributed by atoms with Crippen LogP contribution in [0.25, 0.3) is 10.7 Å². The standard InChI is InChI=1S/C15H13F3N4OS/c16-15(17,18)13-9-4-1-2-5-10(9)22(20-13)8-12-19-14(21-23-12)11-6-3-7-24-11/h3,6-7H,1-2,4-5,8H2. The molecule has 3 heterocycles. The highest BCUT2D eigenvalue weighted by atomic mass is 32.1. The molecule has 0 spiro atoms. The molecule has 0 aromatic carbocycles. The van der Waals surface area contributed by atoms with E-state index >= 15 is 0 Å². The SMILES string of the molecule is FC(F)(F)c1nn(Cc2nc(-c3cccs3)no2)c2c1CCCC2. The molecule has 0 amide bonds. The van der Waals surface area contributed by atoms with Crippen molar-refractivity contribution >= 4 is 11.3 Å². The van der Waals surface area contributed by atoms with Crippen molar-refractivity contribution in [3.63, 3.8) is 0 Å². The van der Waals surface area contributed by atoms with Crippen molar-refractivity contribution in [2.24, 2.45) is 0 Å². The van der Waals surface area contributed by atoms with Crippen LogP contribution >= 0.6 is 11.3 Å². The van der Waals surface area contributed by atoms with Crippen molar-refractivity contribution in [2.45, 2.75) is 38.4 Å². The average Bonchev–Trinajstić information content (AvgIpc) is 3.26. The molecule has 0 radical (unpaired) electrons. The van der Waals surface area contributed by atoms with Crippen LogP contribution in [-0.4, -0.2) is 19.9 Å². The Hall–Kier alpha value is -2.16. The summed E-state index contributed by atoms with van der Waals surface area (Å²) >= 11 is 1.47. The van der Waals surface area contributed by atoms with Gasteiger partial charge in [0.2, 0.25) is 11.7 Å². The van der Waals surface area contributed by atoms with E-state index in [0.717, 1.165) is 17.7 Å². The van der Waals surface area contributed by atoms with Gasteiger partial charge in [-0.3, -0.25) is 4.68 Å². The van der Waals surface area contributed by atoms with Crippen LogP contribution in [0, 0.1) is 0 Å². The van der Waals surface area contributed by atoms with Crippen molar-refractivity contribution < 1.29 is 17.7 Å². The largest absolute Gasteiger partial charge is 0.435 e. The lowest BCUT2D eigenvalue weighted by atomic mass is 9.95. The molecule has 3 aromatic heterocycles. The lowest BCUT2D eigenvalue weighted by Gasteiger charge is -2.14. The minimum Gasteiger partial charge on any atom is -0.337 e. The zero-order valence-electron chi connectivity index (χ0n) is 12.5. The van der Waals surface area contributed by atoms with Gasteiger partial charge in [0, 0.05) is 11.3 Å². The van der Waals surface area contributed by atoms with Crippen LogP contribution in [0.3, 0.4) is 0 Å². The Morgan fingerprint density at radius 3 is 2.83 bits per heavy atom. The van der Waals surface area contributed by atoms with E-state index in [2.05, 4.69) is 15.2 Å². The van der Waals surface area contributed by atoms with Crippen molar-refractivity contribution in [3.05, 3.63) is 40.4 Å². The molecule has 0 N–H and O–H groups in total. The van der Waals surface area contributed by atoms with Gasteiger partial charge in [-0.05, 0) is 37.1 Å². The second kappa shape index (κ2) is 5.73. The molecule has 24 heavy (non-hydrogen) atoms. The molecule has 126 valence electrons. The average molecular weight is 354 g/mol. The number of rotatable bonds is 3. The molecule has 1 aliphatic carbocycles. The first-order valence-corrected chi connectivity index (χ1v) is 8.42. The summed E-state index contributed by atoms with van der Waals surface area (Å²) < 4.78 is 46.1. The van der Waals surface area contributed by atoms with Crippen LogP contribution in [-0.2, 0) is 25.6 Å². The summed E-state index contributed by atoms with van der Waals surface area (Å²) in [5, 5.41) is 9.57. The zero-order chi connectivity index (χ0) is 16.7. The van der Waals surface area contributed by atoms with Crippen LogP contribution in [0.15, 0.2) is 22.0 Å². The second-order valence-electron chi connectivity index (χ2n) is 5.63. The highest BCUT2D eigenvalue weighted by Crippen LogP contribution is 2.36. The first-order chi connectivity index (χ1) is 11.5. The molecule has 0 atom stereocenters. The summed E-state index contributed by atoms with van der Waals surface area (Å²) in [7, 11) is 0. The molecule has 5 nitrogen and oxygen atoms in total. The fourth-order valence-corrected chi connectivity index (χ4v) is 3.63. The van der Waals surface area contributed by atoms with Gasteiger partial charge in [0.1, 0.15) is 6.54 Å². The van der Waals surface area contributed by atoms with Gasteiger partial charge in [-0.15, -0.1) is 11.3 Å². The quantitative estimate of drug-likeness (QED) is 0.715. The maximum atomic E-state index is 13.2. The van der Waals surface area contributed by atoms with E-state index in [-0.39, 0.29) is 12.4 Å². The number of hydrogen-bond acceptors (Lipinski definition) is 5. The predicted molar refractivity (Wildman–Crippen MR) is 80.6 cm³/mol. The smallest absolute Gasteiger partial charge is 0.337 e. The lowest BCUT2D eigenvalue weighted by molar-refractivity contribution is -0.142. The molecule has 0 unspecified atom stereocenters. The van der Waals surface area contributed by atoms with Gasteiger partial charge in [0.05, 0.1) is 4.88 Å². The molecule has 0 bridgehead atoms. The Labute approximate surface area is 139 Å². The van der Waals surface area contributed by atoms with Crippen LogP contribution < -0.4 is 0 Å². The van der Waals surface area contributed by atoms with Gasteiger partial charge in [-0.1, -0.05) is 11.2 Å². The van der Waals surface area contributed by atoms with E-state index in [4.69, 9.17) is 4.52 Å². The first-order valence-electron chi connectivity index (χ1n) is 7.54. The van der Waals surface area contributed by atoms with Crippen molar-refractivity contribution in [2.75, 3.05) is 0 Å². The van der Waals surface area contributed by atoms with E-state index in [9.17, 15) is 13.2 Å². The number of aromatic nitrogens is 4. The molecule has 0 aliphatic heterocycles. The van der Waals surface area contributed by atoms with Gasteiger partial charge >= 0.3 is 6.18 Å². The molecule has 0 saturated carbocycles. The van der Waals surface area contributed by atoms with Gasteiger partial charge in [-0.2, -0.15) is 23.3 Å². The van der Waals surface area contributed by atoms with Gasteiger partial charge < -0.3 is 4.52 Å². The lowest BCUT2D eigenvalue weighted by Crippen LogP contribution is -2.11. The monoisotopic (exact) mass is 354 g/mol. The number of fused-ring (bicyclic) bond motifs is 1.